The molecule has 3 N–H and O–H groups in total. The number of nitrogens with two attached hydrogens (primary N) is 1. The number of thioether (sulfide) groups is 1. The zero-order valence-electron chi connectivity index (χ0n) is 11.5. The maximum atomic E-state index is 6.05. The van der Waals surface area contributed by atoms with Crippen LogP contribution in [-0.2, 0) is 0 Å². The Hall–Kier alpha value is -0.380. The molecule has 0 amide bonds. The monoisotopic (exact) mass is 269 g/mol. The summed E-state index contributed by atoms with van der Waals surface area (Å²) in [4.78, 5) is 4.66. The second kappa shape index (κ2) is 7.27. The van der Waals surface area contributed by atoms with Gasteiger partial charge < -0.3 is 11.1 Å². The lowest BCUT2D eigenvalue weighted by Gasteiger charge is -2.29. The third kappa shape index (κ3) is 4.38. The van der Waals surface area contributed by atoms with E-state index in [2.05, 4.69) is 16.6 Å². The number of guanidine groups is 1. The van der Waals surface area contributed by atoms with Crippen molar-refractivity contribution in [2.45, 2.75) is 75.1 Å². The lowest BCUT2D eigenvalue weighted by atomic mass is 9.95. The van der Waals surface area contributed by atoms with E-state index in [4.69, 9.17) is 5.73 Å². The minimum absolute atomic E-state index is 0.478. The van der Waals surface area contributed by atoms with E-state index in [9.17, 15) is 0 Å². The smallest absolute Gasteiger partial charge is 0.189 e. The van der Waals surface area contributed by atoms with E-state index in [1.165, 1.54) is 57.8 Å². The average molecular weight is 269 g/mol. The molecule has 3 nitrogen and oxygen atoms in total. The third-order valence-electron chi connectivity index (χ3n) is 4.21. The number of rotatable bonds is 3. The summed E-state index contributed by atoms with van der Waals surface area (Å²) >= 11 is 1.99. The zero-order valence-corrected chi connectivity index (χ0v) is 12.3. The second-order valence-electron chi connectivity index (χ2n) is 5.67. The Morgan fingerprint density at radius 2 is 1.89 bits per heavy atom. The molecular formula is C14H27N3S. The Labute approximate surface area is 115 Å². The molecule has 0 aliphatic heterocycles. The Kier molecular flexibility index (Phi) is 5.67. The highest BCUT2D eigenvalue weighted by molar-refractivity contribution is 7.99. The summed E-state index contributed by atoms with van der Waals surface area (Å²) in [5.41, 5.74) is 6.05. The van der Waals surface area contributed by atoms with Crippen LogP contribution in [0.25, 0.3) is 0 Å². The SMILES string of the molecule is CSC1CCCC(NC(N)=NC2CCCCC2)C1. The summed E-state index contributed by atoms with van der Waals surface area (Å²) in [5.74, 6) is 0.689. The van der Waals surface area contributed by atoms with E-state index in [0.29, 0.717) is 18.0 Å². The molecule has 0 spiro atoms. The number of nitrogens with one attached hydrogen (secondary N) is 1. The second-order valence-corrected chi connectivity index (χ2v) is 6.81. The molecule has 0 aromatic rings. The van der Waals surface area contributed by atoms with Crippen LogP contribution in [0.15, 0.2) is 4.99 Å². The van der Waals surface area contributed by atoms with E-state index < -0.39 is 0 Å². The lowest BCUT2D eigenvalue weighted by molar-refractivity contribution is 0.415. The zero-order chi connectivity index (χ0) is 12.8. The van der Waals surface area contributed by atoms with Gasteiger partial charge in [-0.25, -0.2) is 0 Å². The van der Waals surface area contributed by atoms with E-state index in [-0.39, 0.29) is 0 Å². The number of aliphatic imine (C=N–C) groups is 1. The van der Waals surface area contributed by atoms with E-state index >= 15 is 0 Å². The Bertz CT molecular complexity index is 274. The molecular weight excluding hydrogens is 242 g/mol. The molecule has 4 heteroatoms. The van der Waals surface area contributed by atoms with Crippen molar-refractivity contribution < 1.29 is 0 Å². The van der Waals surface area contributed by atoms with Gasteiger partial charge in [0.05, 0.1) is 6.04 Å². The van der Waals surface area contributed by atoms with Crippen LogP contribution in [0.2, 0.25) is 0 Å². The van der Waals surface area contributed by atoms with Gasteiger partial charge in [-0.1, -0.05) is 25.7 Å². The van der Waals surface area contributed by atoms with E-state index in [1.54, 1.807) is 0 Å². The van der Waals surface area contributed by atoms with Crippen LogP contribution < -0.4 is 11.1 Å². The maximum Gasteiger partial charge on any atom is 0.189 e. The molecule has 0 heterocycles. The predicted molar refractivity (Wildman–Crippen MR) is 81.2 cm³/mol. The highest BCUT2D eigenvalue weighted by atomic mass is 32.2. The first-order valence-corrected chi connectivity index (χ1v) is 8.69. The molecule has 0 aromatic carbocycles. The Morgan fingerprint density at radius 3 is 2.61 bits per heavy atom. The first-order valence-electron chi connectivity index (χ1n) is 7.40. The highest BCUT2D eigenvalue weighted by Gasteiger charge is 2.21. The minimum atomic E-state index is 0.478. The molecule has 2 aliphatic rings. The predicted octanol–water partition coefficient (Wildman–Crippen LogP) is 2.90. The van der Waals surface area contributed by atoms with Gasteiger partial charge >= 0.3 is 0 Å². The van der Waals surface area contributed by atoms with Gasteiger partial charge in [-0.15, -0.1) is 0 Å². The van der Waals surface area contributed by atoms with Gasteiger partial charge in [0.2, 0.25) is 0 Å². The standard InChI is InChI=1S/C14H27N3S/c1-18-13-9-5-8-12(10-13)17-14(15)16-11-6-3-2-4-7-11/h11-13H,2-10H2,1H3,(H3,15,16,17). The van der Waals surface area contributed by atoms with Crippen LogP contribution in [0.4, 0.5) is 0 Å². The van der Waals surface area contributed by atoms with Crippen molar-refractivity contribution in [1.29, 1.82) is 0 Å². The molecule has 2 rings (SSSR count). The molecule has 2 fully saturated rings. The summed E-state index contributed by atoms with van der Waals surface area (Å²) < 4.78 is 0. The van der Waals surface area contributed by atoms with E-state index in [1.807, 2.05) is 11.8 Å². The van der Waals surface area contributed by atoms with Gasteiger partial charge in [-0.3, -0.25) is 4.99 Å². The lowest BCUT2D eigenvalue weighted by Crippen LogP contribution is -2.43. The van der Waals surface area contributed by atoms with Crippen LogP contribution in [0, 0.1) is 0 Å². The fraction of sp³-hybridized carbons (Fsp3) is 0.929. The largest absolute Gasteiger partial charge is 0.370 e. The van der Waals surface area contributed by atoms with Crippen LogP contribution in [0.5, 0.6) is 0 Å². The molecule has 2 atom stereocenters. The van der Waals surface area contributed by atoms with Crippen molar-refractivity contribution in [3.05, 3.63) is 0 Å². The summed E-state index contributed by atoms with van der Waals surface area (Å²) in [6, 6.07) is 1.02. The molecule has 0 saturated heterocycles. The topological polar surface area (TPSA) is 50.4 Å². The number of nitrogens with zero attached hydrogens (tertiary/aromatic N) is 1. The molecule has 104 valence electrons. The molecule has 0 aromatic heterocycles. The number of hydrogen-bond acceptors (Lipinski definition) is 2. The summed E-state index contributed by atoms with van der Waals surface area (Å²) in [6.45, 7) is 0. The molecule has 2 saturated carbocycles. The van der Waals surface area contributed by atoms with Crippen LogP contribution in [0.3, 0.4) is 0 Å². The van der Waals surface area contributed by atoms with Gasteiger partial charge in [0.15, 0.2) is 5.96 Å². The molecule has 2 aliphatic carbocycles. The summed E-state index contributed by atoms with van der Waals surface area (Å²) in [5, 5.41) is 4.25. The van der Waals surface area contributed by atoms with Gasteiger partial charge in [0.1, 0.15) is 0 Å². The maximum absolute atomic E-state index is 6.05. The van der Waals surface area contributed by atoms with Crippen LogP contribution >= 0.6 is 11.8 Å². The van der Waals surface area contributed by atoms with Gasteiger partial charge in [0.25, 0.3) is 0 Å². The first-order chi connectivity index (χ1) is 8.78. The normalized spacial score (nSPS) is 31.3. The molecule has 0 bridgehead atoms. The van der Waals surface area contributed by atoms with Crippen molar-refractivity contribution in [3.8, 4) is 0 Å². The third-order valence-corrected chi connectivity index (χ3v) is 5.30. The van der Waals surface area contributed by atoms with Crippen LogP contribution in [0.1, 0.15) is 57.8 Å². The fourth-order valence-electron chi connectivity index (χ4n) is 3.14. The fourth-order valence-corrected chi connectivity index (χ4v) is 3.97. The Morgan fingerprint density at radius 1 is 1.11 bits per heavy atom. The Balaban J connectivity index is 1.78. The highest BCUT2D eigenvalue weighted by Crippen LogP contribution is 2.27. The van der Waals surface area contributed by atoms with Crippen LogP contribution in [-0.4, -0.2) is 29.5 Å². The van der Waals surface area contributed by atoms with E-state index in [0.717, 1.165) is 5.25 Å². The average Bonchev–Trinajstić information content (AvgIpc) is 2.40. The quantitative estimate of drug-likeness (QED) is 0.612. The van der Waals surface area contributed by atoms with Gasteiger partial charge in [-0.05, 0) is 38.4 Å². The minimum Gasteiger partial charge on any atom is -0.370 e. The van der Waals surface area contributed by atoms with Crippen molar-refractivity contribution in [2.75, 3.05) is 6.26 Å². The first kappa shape index (κ1) is 14.0. The van der Waals surface area contributed by atoms with Crippen molar-refractivity contribution in [2.24, 2.45) is 10.7 Å². The van der Waals surface area contributed by atoms with Crippen molar-refractivity contribution in [1.82, 2.24) is 5.32 Å². The number of hydrogen-bond donors (Lipinski definition) is 2. The summed E-state index contributed by atoms with van der Waals surface area (Å²) in [6.07, 6.45) is 13.8. The molecule has 2 unspecified atom stereocenters. The molecule has 18 heavy (non-hydrogen) atoms. The van der Waals surface area contributed by atoms with Gasteiger partial charge in [-0.2, -0.15) is 11.8 Å². The van der Waals surface area contributed by atoms with Gasteiger partial charge in [0, 0.05) is 11.3 Å². The molecule has 0 radical (unpaired) electrons. The van der Waals surface area contributed by atoms with Crippen molar-refractivity contribution in [3.63, 3.8) is 0 Å². The van der Waals surface area contributed by atoms with Crippen molar-refractivity contribution >= 4 is 17.7 Å². The summed E-state index contributed by atoms with van der Waals surface area (Å²) in [7, 11) is 0.